The molecule has 2 atom stereocenters. The van der Waals surface area contributed by atoms with Gasteiger partial charge in [-0.3, -0.25) is 4.79 Å². The standard InChI is InChI=1S/C26H35N3O6/c1-26(2,3)35-25(33)29-21(23(31)28-22(17-30)20-13-8-5-9-14-20)15-10-16-27-24(32)34-18-19-11-6-4-7-12-19/h4-9,11-14,21-22,30H,10,15-18H2,1-3H3,(H,27,32)(H,28,31)(H,29,33)/t21-,22-/m0/s1. The van der Waals surface area contributed by atoms with Gasteiger partial charge in [0.05, 0.1) is 12.6 Å². The molecule has 0 saturated carbocycles. The van der Waals surface area contributed by atoms with E-state index in [-0.39, 0.29) is 26.2 Å². The molecule has 9 nitrogen and oxygen atoms in total. The molecule has 35 heavy (non-hydrogen) atoms. The average molecular weight is 486 g/mol. The lowest BCUT2D eigenvalue weighted by Crippen LogP contribution is -2.49. The first kappa shape index (κ1) is 27.7. The Bertz CT molecular complexity index is 931. The van der Waals surface area contributed by atoms with Crippen LogP contribution in [0.15, 0.2) is 60.7 Å². The minimum absolute atomic E-state index is 0.153. The molecule has 0 aromatic heterocycles. The van der Waals surface area contributed by atoms with Gasteiger partial charge in [-0.2, -0.15) is 0 Å². The van der Waals surface area contributed by atoms with Crippen LogP contribution in [0.2, 0.25) is 0 Å². The monoisotopic (exact) mass is 485 g/mol. The number of ether oxygens (including phenoxy) is 2. The fourth-order valence-corrected chi connectivity index (χ4v) is 3.18. The molecule has 4 N–H and O–H groups in total. The molecular formula is C26H35N3O6. The molecule has 0 saturated heterocycles. The molecule has 9 heteroatoms. The first-order chi connectivity index (χ1) is 16.7. The quantitative estimate of drug-likeness (QED) is 0.361. The number of nitrogens with one attached hydrogen (secondary N) is 3. The van der Waals surface area contributed by atoms with Gasteiger partial charge in [0.25, 0.3) is 0 Å². The third kappa shape index (κ3) is 10.9. The summed E-state index contributed by atoms with van der Waals surface area (Å²) in [4.78, 5) is 37.2. The Labute approximate surface area is 206 Å². The first-order valence-corrected chi connectivity index (χ1v) is 11.6. The second-order valence-corrected chi connectivity index (χ2v) is 8.98. The van der Waals surface area contributed by atoms with Gasteiger partial charge >= 0.3 is 12.2 Å². The number of benzene rings is 2. The van der Waals surface area contributed by atoms with Crippen molar-refractivity contribution in [3.8, 4) is 0 Å². The van der Waals surface area contributed by atoms with Crippen molar-refractivity contribution in [3.05, 3.63) is 71.8 Å². The topological polar surface area (TPSA) is 126 Å². The number of hydrogen-bond donors (Lipinski definition) is 4. The summed E-state index contributed by atoms with van der Waals surface area (Å²) in [5.41, 5.74) is 0.882. The molecule has 0 spiro atoms. The predicted octanol–water partition coefficient (Wildman–Crippen LogP) is 3.44. The molecule has 2 aromatic carbocycles. The molecule has 0 aliphatic heterocycles. The minimum Gasteiger partial charge on any atom is -0.445 e. The number of amides is 3. The molecule has 2 rings (SSSR count). The molecule has 0 heterocycles. The largest absolute Gasteiger partial charge is 0.445 e. The van der Waals surface area contributed by atoms with Crippen molar-refractivity contribution >= 4 is 18.1 Å². The SMILES string of the molecule is CC(C)(C)OC(=O)N[C@@H](CCCNC(=O)OCc1ccccc1)C(=O)N[C@@H](CO)c1ccccc1. The van der Waals surface area contributed by atoms with Crippen LogP contribution in [0, 0.1) is 0 Å². The number of alkyl carbamates (subject to hydrolysis) is 2. The maximum absolute atomic E-state index is 13.0. The molecule has 0 bridgehead atoms. The van der Waals surface area contributed by atoms with E-state index in [1.54, 1.807) is 32.9 Å². The number of carbonyl (C=O) groups is 3. The Morgan fingerprint density at radius 2 is 1.54 bits per heavy atom. The normalized spacial score (nSPS) is 12.7. The lowest BCUT2D eigenvalue weighted by atomic mass is 10.1. The summed E-state index contributed by atoms with van der Waals surface area (Å²) in [6.45, 7) is 5.27. The van der Waals surface area contributed by atoms with Crippen molar-refractivity contribution in [1.29, 1.82) is 0 Å². The highest BCUT2D eigenvalue weighted by atomic mass is 16.6. The molecular weight excluding hydrogens is 450 g/mol. The highest BCUT2D eigenvalue weighted by molar-refractivity contribution is 5.86. The molecule has 0 fully saturated rings. The zero-order chi connectivity index (χ0) is 25.7. The Morgan fingerprint density at radius 3 is 2.14 bits per heavy atom. The summed E-state index contributed by atoms with van der Waals surface area (Å²) in [6, 6.07) is 16.8. The number of carbonyl (C=O) groups excluding carboxylic acids is 3. The van der Waals surface area contributed by atoms with Crippen molar-refractivity contribution in [1.82, 2.24) is 16.0 Å². The molecule has 190 valence electrons. The lowest BCUT2D eigenvalue weighted by Gasteiger charge is -2.25. The zero-order valence-corrected chi connectivity index (χ0v) is 20.5. The molecule has 0 unspecified atom stereocenters. The van der Waals surface area contributed by atoms with Gasteiger partial charge < -0.3 is 30.5 Å². The van der Waals surface area contributed by atoms with Crippen molar-refractivity contribution in [2.75, 3.05) is 13.2 Å². The van der Waals surface area contributed by atoms with Crippen LogP contribution < -0.4 is 16.0 Å². The summed E-state index contributed by atoms with van der Waals surface area (Å²) in [5, 5.41) is 17.8. The third-order valence-electron chi connectivity index (χ3n) is 4.86. The van der Waals surface area contributed by atoms with E-state index in [0.29, 0.717) is 6.42 Å². The van der Waals surface area contributed by atoms with E-state index in [0.717, 1.165) is 11.1 Å². The second kappa shape index (κ2) is 14.0. The summed E-state index contributed by atoms with van der Waals surface area (Å²) in [5.74, 6) is -0.467. The Balaban J connectivity index is 1.90. The van der Waals surface area contributed by atoms with E-state index in [1.807, 2.05) is 48.5 Å². The molecule has 3 amide bonds. The van der Waals surface area contributed by atoms with E-state index in [9.17, 15) is 19.5 Å². The molecule has 0 radical (unpaired) electrons. The first-order valence-electron chi connectivity index (χ1n) is 11.6. The van der Waals surface area contributed by atoms with Gasteiger partial charge in [-0.05, 0) is 44.7 Å². The molecule has 2 aromatic rings. The van der Waals surface area contributed by atoms with Crippen LogP contribution in [-0.2, 0) is 20.9 Å². The van der Waals surface area contributed by atoms with Crippen molar-refractivity contribution < 1.29 is 29.0 Å². The maximum atomic E-state index is 13.0. The number of hydrogen-bond acceptors (Lipinski definition) is 6. The van der Waals surface area contributed by atoms with Crippen LogP contribution in [0.5, 0.6) is 0 Å². The highest BCUT2D eigenvalue weighted by Gasteiger charge is 2.26. The summed E-state index contributed by atoms with van der Waals surface area (Å²) < 4.78 is 10.5. The Kier molecular flexibility index (Phi) is 11.0. The van der Waals surface area contributed by atoms with Gasteiger partial charge in [-0.1, -0.05) is 60.7 Å². The van der Waals surface area contributed by atoms with Crippen molar-refractivity contribution in [2.24, 2.45) is 0 Å². The van der Waals surface area contributed by atoms with Gasteiger partial charge in [0.1, 0.15) is 18.2 Å². The third-order valence-corrected chi connectivity index (χ3v) is 4.86. The Morgan fingerprint density at radius 1 is 0.914 bits per heavy atom. The summed E-state index contributed by atoms with van der Waals surface area (Å²) >= 11 is 0. The average Bonchev–Trinajstić information content (AvgIpc) is 2.83. The van der Waals surface area contributed by atoms with E-state index >= 15 is 0 Å². The fraction of sp³-hybridized carbons (Fsp3) is 0.423. The van der Waals surface area contributed by atoms with E-state index in [2.05, 4.69) is 16.0 Å². The number of rotatable bonds is 11. The molecule has 0 aliphatic rings. The van der Waals surface area contributed by atoms with Gasteiger partial charge in [0, 0.05) is 6.54 Å². The maximum Gasteiger partial charge on any atom is 0.408 e. The van der Waals surface area contributed by atoms with Gasteiger partial charge in [0.15, 0.2) is 0 Å². The second-order valence-electron chi connectivity index (χ2n) is 8.98. The van der Waals surface area contributed by atoms with Crippen molar-refractivity contribution in [2.45, 2.75) is 57.9 Å². The highest BCUT2D eigenvalue weighted by Crippen LogP contribution is 2.13. The van der Waals surface area contributed by atoms with Gasteiger partial charge in [-0.25, -0.2) is 9.59 Å². The summed E-state index contributed by atoms with van der Waals surface area (Å²) in [6.07, 6.45) is -0.673. The minimum atomic E-state index is -0.926. The predicted molar refractivity (Wildman–Crippen MR) is 131 cm³/mol. The number of aliphatic hydroxyl groups excluding tert-OH is 1. The number of aliphatic hydroxyl groups is 1. The zero-order valence-electron chi connectivity index (χ0n) is 20.5. The van der Waals surface area contributed by atoms with Crippen LogP contribution in [-0.4, -0.2) is 48.0 Å². The van der Waals surface area contributed by atoms with Crippen LogP contribution in [0.4, 0.5) is 9.59 Å². The smallest absolute Gasteiger partial charge is 0.408 e. The van der Waals surface area contributed by atoms with E-state index in [4.69, 9.17) is 9.47 Å². The van der Waals surface area contributed by atoms with E-state index in [1.165, 1.54) is 0 Å². The molecule has 0 aliphatic carbocycles. The van der Waals surface area contributed by atoms with Crippen LogP contribution >= 0.6 is 0 Å². The lowest BCUT2D eigenvalue weighted by molar-refractivity contribution is -0.124. The van der Waals surface area contributed by atoms with Crippen LogP contribution in [0.3, 0.4) is 0 Å². The fourth-order valence-electron chi connectivity index (χ4n) is 3.18. The van der Waals surface area contributed by atoms with E-state index < -0.39 is 35.8 Å². The van der Waals surface area contributed by atoms with Crippen LogP contribution in [0.25, 0.3) is 0 Å². The van der Waals surface area contributed by atoms with Crippen LogP contribution in [0.1, 0.15) is 50.8 Å². The summed E-state index contributed by atoms with van der Waals surface area (Å²) in [7, 11) is 0. The Hall–Kier alpha value is -3.59. The van der Waals surface area contributed by atoms with Crippen molar-refractivity contribution in [3.63, 3.8) is 0 Å². The van der Waals surface area contributed by atoms with Gasteiger partial charge in [0.2, 0.25) is 5.91 Å². The van der Waals surface area contributed by atoms with Gasteiger partial charge in [-0.15, -0.1) is 0 Å².